The largest absolute Gasteiger partial charge is 0.396 e. The Morgan fingerprint density at radius 1 is 1.23 bits per heavy atom. The summed E-state index contributed by atoms with van der Waals surface area (Å²) in [6, 6.07) is 5.78. The lowest BCUT2D eigenvalue weighted by molar-refractivity contribution is 0.127. The molecule has 10 heteroatoms. The van der Waals surface area contributed by atoms with Gasteiger partial charge in [-0.15, -0.1) is 5.10 Å². The van der Waals surface area contributed by atoms with Crippen molar-refractivity contribution in [2.24, 2.45) is 5.92 Å². The molecule has 0 aliphatic heterocycles. The van der Waals surface area contributed by atoms with Crippen LogP contribution in [0.5, 0.6) is 0 Å². The van der Waals surface area contributed by atoms with Gasteiger partial charge in [-0.1, -0.05) is 0 Å². The van der Waals surface area contributed by atoms with Crippen LogP contribution in [0.2, 0.25) is 0 Å². The Morgan fingerprint density at radius 3 is 2.83 bits per heavy atom. The maximum absolute atomic E-state index is 13.0. The van der Waals surface area contributed by atoms with Crippen molar-refractivity contribution in [1.29, 1.82) is 0 Å². The van der Waals surface area contributed by atoms with Gasteiger partial charge in [0.05, 0.1) is 24.0 Å². The number of nitrogens with zero attached hydrogens (tertiary/aromatic N) is 6. The lowest BCUT2D eigenvalue weighted by Gasteiger charge is -2.34. The van der Waals surface area contributed by atoms with Crippen LogP contribution in [0.1, 0.15) is 18.7 Å². The van der Waals surface area contributed by atoms with E-state index in [0.29, 0.717) is 34.5 Å². The molecule has 4 aromatic rings. The van der Waals surface area contributed by atoms with Crippen molar-refractivity contribution in [2.45, 2.75) is 38.8 Å². The fraction of sp³-hybridized carbons (Fsp3) is 0.400. The molecule has 0 radical (unpaired) electrons. The Morgan fingerprint density at radius 2 is 2.07 bits per heavy atom. The van der Waals surface area contributed by atoms with Crippen molar-refractivity contribution < 1.29 is 13.9 Å². The first-order chi connectivity index (χ1) is 14.5. The van der Waals surface area contributed by atoms with E-state index in [4.69, 9.17) is 5.11 Å². The Labute approximate surface area is 170 Å². The van der Waals surface area contributed by atoms with Crippen LogP contribution in [0, 0.1) is 12.8 Å². The molecule has 0 saturated heterocycles. The Balaban J connectivity index is 1.46. The zero-order valence-electron chi connectivity index (χ0n) is 16.3. The SMILES string of the molecule is Cc1nc2ccc(-c3ccn4nc(N[C@H]5C[C@@H](CO)C5)ncc34)nc2n1CC(F)F. The minimum absolute atomic E-state index is 0.214. The van der Waals surface area contributed by atoms with Gasteiger partial charge in [-0.25, -0.2) is 28.2 Å². The summed E-state index contributed by atoms with van der Waals surface area (Å²) in [5, 5.41) is 16.9. The van der Waals surface area contributed by atoms with E-state index < -0.39 is 13.0 Å². The molecule has 0 amide bonds. The number of aromatic nitrogens is 6. The van der Waals surface area contributed by atoms with E-state index in [9.17, 15) is 8.78 Å². The number of hydrogen-bond acceptors (Lipinski definition) is 6. The number of pyridine rings is 1. The van der Waals surface area contributed by atoms with Gasteiger partial charge in [-0.3, -0.25) is 0 Å². The van der Waals surface area contributed by atoms with Gasteiger partial charge in [0, 0.05) is 24.4 Å². The Kier molecular flexibility index (Phi) is 4.58. The number of anilines is 1. The molecule has 1 aliphatic carbocycles. The lowest BCUT2D eigenvalue weighted by Crippen LogP contribution is -2.37. The number of fused-ring (bicyclic) bond motifs is 2. The monoisotopic (exact) mass is 413 g/mol. The maximum Gasteiger partial charge on any atom is 0.256 e. The molecular weight excluding hydrogens is 392 g/mol. The van der Waals surface area contributed by atoms with Crippen LogP contribution in [-0.2, 0) is 6.54 Å². The Hall–Kier alpha value is -3.14. The predicted octanol–water partition coefficient (Wildman–Crippen LogP) is 2.90. The zero-order chi connectivity index (χ0) is 20.8. The van der Waals surface area contributed by atoms with Crippen LogP contribution >= 0.6 is 0 Å². The van der Waals surface area contributed by atoms with Crippen molar-refractivity contribution in [3.63, 3.8) is 0 Å². The van der Waals surface area contributed by atoms with Gasteiger partial charge in [0.25, 0.3) is 6.43 Å². The van der Waals surface area contributed by atoms with Crippen molar-refractivity contribution >= 4 is 22.6 Å². The lowest BCUT2D eigenvalue weighted by atomic mass is 9.81. The molecule has 1 saturated carbocycles. The number of nitrogens with one attached hydrogen (secondary N) is 1. The molecule has 5 rings (SSSR count). The number of alkyl halides is 2. The van der Waals surface area contributed by atoms with Gasteiger partial charge in [0.1, 0.15) is 11.3 Å². The van der Waals surface area contributed by atoms with E-state index in [1.54, 1.807) is 23.7 Å². The fourth-order valence-electron chi connectivity index (χ4n) is 3.99. The van der Waals surface area contributed by atoms with Crippen LogP contribution in [0.15, 0.2) is 30.6 Å². The summed E-state index contributed by atoms with van der Waals surface area (Å²) in [6.07, 6.45) is 2.88. The molecule has 1 fully saturated rings. The molecule has 0 spiro atoms. The quantitative estimate of drug-likeness (QED) is 0.505. The summed E-state index contributed by atoms with van der Waals surface area (Å²) in [7, 11) is 0. The molecule has 0 unspecified atom stereocenters. The normalized spacial score (nSPS) is 19.0. The third-order valence-corrected chi connectivity index (χ3v) is 5.62. The summed E-state index contributed by atoms with van der Waals surface area (Å²) < 4.78 is 29.1. The topological polar surface area (TPSA) is 93.2 Å². The number of aryl methyl sites for hydroxylation is 1. The second-order valence-corrected chi connectivity index (χ2v) is 7.70. The average molecular weight is 413 g/mol. The highest BCUT2D eigenvalue weighted by molar-refractivity contribution is 5.82. The average Bonchev–Trinajstić information content (AvgIpc) is 3.24. The molecule has 30 heavy (non-hydrogen) atoms. The standard InChI is InChI=1S/C20H21F2N7O/c1-11-24-16-3-2-15(26-19(16)28(11)9-18(21)22)14-4-5-29-17(14)8-23-20(27-29)25-13-6-12(7-13)10-30/h2-5,8,12-13,18,30H,6-7,9-10H2,1H3,(H,25,27)/t12-,13+. The highest BCUT2D eigenvalue weighted by Crippen LogP contribution is 2.30. The van der Waals surface area contributed by atoms with E-state index in [2.05, 4.69) is 25.4 Å². The van der Waals surface area contributed by atoms with Crippen LogP contribution in [0.4, 0.5) is 14.7 Å². The van der Waals surface area contributed by atoms with Crippen molar-refractivity contribution in [2.75, 3.05) is 11.9 Å². The molecule has 0 bridgehead atoms. The number of hydrogen-bond donors (Lipinski definition) is 2. The molecule has 0 aromatic carbocycles. The van der Waals surface area contributed by atoms with E-state index >= 15 is 0 Å². The molecule has 1 aliphatic rings. The van der Waals surface area contributed by atoms with Crippen LogP contribution in [0.25, 0.3) is 27.9 Å². The van der Waals surface area contributed by atoms with Crippen molar-refractivity contribution in [3.8, 4) is 11.3 Å². The van der Waals surface area contributed by atoms with Gasteiger partial charge in [0.15, 0.2) is 5.65 Å². The molecular formula is C20H21F2N7O. The van der Waals surface area contributed by atoms with Crippen LogP contribution < -0.4 is 5.32 Å². The minimum Gasteiger partial charge on any atom is -0.396 e. The molecule has 4 heterocycles. The first-order valence-electron chi connectivity index (χ1n) is 9.86. The second-order valence-electron chi connectivity index (χ2n) is 7.70. The predicted molar refractivity (Wildman–Crippen MR) is 107 cm³/mol. The highest BCUT2D eigenvalue weighted by Gasteiger charge is 2.29. The summed E-state index contributed by atoms with van der Waals surface area (Å²) in [5.41, 5.74) is 3.26. The molecule has 2 N–H and O–H groups in total. The van der Waals surface area contributed by atoms with E-state index in [1.807, 2.05) is 18.3 Å². The van der Waals surface area contributed by atoms with Gasteiger partial charge in [-0.05, 0) is 43.9 Å². The first kappa shape index (κ1) is 18.9. The van der Waals surface area contributed by atoms with Gasteiger partial charge < -0.3 is 15.0 Å². The number of rotatable bonds is 6. The fourth-order valence-corrected chi connectivity index (χ4v) is 3.99. The number of imidazole rings is 1. The number of aliphatic hydroxyl groups excluding tert-OH is 1. The van der Waals surface area contributed by atoms with Crippen LogP contribution in [-0.4, -0.2) is 53.3 Å². The molecule has 0 atom stereocenters. The van der Waals surface area contributed by atoms with Crippen molar-refractivity contribution in [1.82, 2.24) is 29.1 Å². The molecule has 8 nitrogen and oxygen atoms in total. The highest BCUT2D eigenvalue weighted by atomic mass is 19.3. The zero-order valence-corrected chi connectivity index (χ0v) is 16.3. The van der Waals surface area contributed by atoms with Gasteiger partial charge >= 0.3 is 0 Å². The van der Waals surface area contributed by atoms with E-state index in [0.717, 1.165) is 23.9 Å². The van der Waals surface area contributed by atoms with Gasteiger partial charge in [0.2, 0.25) is 5.95 Å². The third kappa shape index (κ3) is 3.26. The van der Waals surface area contributed by atoms with Gasteiger partial charge in [-0.2, -0.15) is 0 Å². The minimum atomic E-state index is -2.48. The molecule has 4 aromatic heterocycles. The Bertz CT molecular complexity index is 1210. The van der Waals surface area contributed by atoms with Crippen molar-refractivity contribution in [3.05, 3.63) is 36.4 Å². The summed E-state index contributed by atoms with van der Waals surface area (Å²) >= 11 is 0. The van der Waals surface area contributed by atoms with E-state index in [1.165, 1.54) is 4.57 Å². The third-order valence-electron chi connectivity index (χ3n) is 5.62. The van der Waals surface area contributed by atoms with Crippen LogP contribution in [0.3, 0.4) is 0 Å². The summed E-state index contributed by atoms with van der Waals surface area (Å²) in [6.45, 7) is 1.47. The maximum atomic E-state index is 13.0. The second kappa shape index (κ2) is 7.28. The number of halogens is 2. The summed E-state index contributed by atoms with van der Waals surface area (Å²) in [4.78, 5) is 13.4. The smallest absolute Gasteiger partial charge is 0.256 e. The van der Waals surface area contributed by atoms with E-state index in [-0.39, 0.29) is 12.6 Å². The molecule has 156 valence electrons. The summed E-state index contributed by atoms with van der Waals surface area (Å²) in [5.74, 6) is 1.39. The first-order valence-corrected chi connectivity index (χ1v) is 9.86. The number of aliphatic hydroxyl groups is 1.